The molecular formula is C11H15N3OS. The highest BCUT2D eigenvalue weighted by Gasteiger charge is 2.31. The number of carbonyl (C=O) groups excluding carboxylic acids is 1. The van der Waals surface area contributed by atoms with Crippen molar-refractivity contribution in [3.8, 4) is 0 Å². The molecule has 3 heterocycles. The molecule has 1 N–H and O–H groups in total. The van der Waals surface area contributed by atoms with E-state index in [-0.39, 0.29) is 5.91 Å². The van der Waals surface area contributed by atoms with Gasteiger partial charge in [-0.15, -0.1) is 0 Å². The first kappa shape index (κ1) is 10.2. The molecule has 0 saturated carbocycles. The molecule has 0 bridgehead atoms. The Kier molecular flexibility index (Phi) is 2.42. The second kappa shape index (κ2) is 3.80. The van der Waals surface area contributed by atoms with Crippen LogP contribution in [0.1, 0.15) is 28.7 Å². The highest BCUT2D eigenvalue weighted by atomic mass is 32.2. The van der Waals surface area contributed by atoms with E-state index in [4.69, 9.17) is 0 Å². The lowest BCUT2D eigenvalue weighted by molar-refractivity contribution is 0.0523. The van der Waals surface area contributed by atoms with Gasteiger partial charge in [0.2, 0.25) is 0 Å². The summed E-state index contributed by atoms with van der Waals surface area (Å²) in [5.41, 5.74) is 2.96. The molecule has 0 spiro atoms. The predicted molar refractivity (Wildman–Crippen MR) is 63.5 cm³/mol. The molecule has 1 fully saturated rings. The number of fused-ring (bicyclic) bond motifs is 1. The molecule has 1 aromatic rings. The molecule has 3 rings (SSSR count). The Hall–Kier alpha value is -0.970. The van der Waals surface area contributed by atoms with Crippen LogP contribution in [0.3, 0.4) is 0 Å². The maximum atomic E-state index is 12.1. The standard InChI is InChI=1S/C11H15N3OS/c1-7-4-14(5-7)11(15)10-8-6-16-3-2-9(8)12-13-10/h7H,2-6H2,1H3,(H,12,13). The van der Waals surface area contributed by atoms with Gasteiger partial charge in [0.25, 0.3) is 5.91 Å². The van der Waals surface area contributed by atoms with Crippen molar-refractivity contribution in [3.05, 3.63) is 17.0 Å². The average molecular weight is 237 g/mol. The topological polar surface area (TPSA) is 49.0 Å². The smallest absolute Gasteiger partial charge is 0.274 e. The lowest BCUT2D eigenvalue weighted by atomic mass is 10.0. The van der Waals surface area contributed by atoms with Crippen molar-refractivity contribution in [3.63, 3.8) is 0 Å². The van der Waals surface area contributed by atoms with Gasteiger partial charge in [-0.25, -0.2) is 0 Å². The molecule has 1 saturated heterocycles. The van der Waals surface area contributed by atoms with Crippen LogP contribution >= 0.6 is 11.8 Å². The van der Waals surface area contributed by atoms with E-state index in [2.05, 4.69) is 17.1 Å². The first-order valence-electron chi connectivity index (χ1n) is 5.69. The van der Waals surface area contributed by atoms with Crippen LogP contribution < -0.4 is 0 Å². The number of thioether (sulfide) groups is 1. The van der Waals surface area contributed by atoms with Crippen LogP contribution in [0.4, 0.5) is 0 Å². The molecule has 1 amide bonds. The van der Waals surface area contributed by atoms with Gasteiger partial charge in [-0.1, -0.05) is 6.92 Å². The minimum absolute atomic E-state index is 0.109. The maximum absolute atomic E-state index is 12.1. The molecule has 2 aliphatic rings. The number of likely N-dealkylation sites (tertiary alicyclic amines) is 1. The molecule has 5 heteroatoms. The van der Waals surface area contributed by atoms with E-state index in [0.717, 1.165) is 42.3 Å². The third-order valence-corrected chi connectivity index (χ3v) is 4.24. The molecule has 1 aromatic heterocycles. The fourth-order valence-electron chi connectivity index (χ4n) is 2.30. The fourth-order valence-corrected chi connectivity index (χ4v) is 3.31. The number of carbonyl (C=O) groups is 1. The van der Waals surface area contributed by atoms with E-state index < -0.39 is 0 Å². The number of aromatic amines is 1. The first-order valence-corrected chi connectivity index (χ1v) is 6.84. The largest absolute Gasteiger partial charge is 0.337 e. The highest BCUT2D eigenvalue weighted by molar-refractivity contribution is 7.98. The van der Waals surface area contributed by atoms with Crippen LogP contribution in [-0.4, -0.2) is 39.8 Å². The average Bonchev–Trinajstić information content (AvgIpc) is 2.67. The van der Waals surface area contributed by atoms with Gasteiger partial charge in [0.1, 0.15) is 0 Å². The van der Waals surface area contributed by atoms with Gasteiger partial charge < -0.3 is 4.90 Å². The third-order valence-electron chi connectivity index (χ3n) is 3.25. The van der Waals surface area contributed by atoms with E-state index in [9.17, 15) is 4.79 Å². The zero-order chi connectivity index (χ0) is 11.1. The van der Waals surface area contributed by atoms with E-state index in [0.29, 0.717) is 11.6 Å². The fraction of sp³-hybridized carbons (Fsp3) is 0.636. The number of nitrogens with one attached hydrogen (secondary N) is 1. The Morgan fingerprint density at radius 1 is 1.56 bits per heavy atom. The van der Waals surface area contributed by atoms with Gasteiger partial charge in [0, 0.05) is 30.1 Å². The van der Waals surface area contributed by atoms with Crippen molar-refractivity contribution in [2.24, 2.45) is 5.92 Å². The Labute approximate surface area is 98.8 Å². The van der Waals surface area contributed by atoms with Gasteiger partial charge in [-0.2, -0.15) is 16.9 Å². The summed E-state index contributed by atoms with van der Waals surface area (Å²) in [4.78, 5) is 14.0. The number of hydrogen-bond donors (Lipinski definition) is 1. The van der Waals surface area contributed by atoms with Crippen molar-refractivity contribution in [1.29, 1.82) is 0 Å². The number of hydrogen-bond acceptors (Lipinski definition) is 3. The lowest BCUT2D eigenvalue weighted by Crippen LogP contribution is -2.49. The SMILES string of the molecule is CC1CN(C(=O)c2n[nH]c3c2CSCC3)C1. The molecule has 86 valence electrons. The van der Waals surface area contributed by atoms with Gasteiger partial charge in [-0.3, -0.25) is 9.89 Å². The van der Waals surface area contributed by atoms with Crippen molar-refractivity contribution < 1.29 is 4.79 Å². The normalized spacial score (nSPS) is 20.4. The number of aryl methyl sites for hydroxylation is 1. The van der Waals surface area contributed by atoms with Gasteiger partial charge in [0.05, 0.1) is 0 Å². The quantitative estimate of drug-likeness (QED) is 0.800. The van der Waals surface area contributed by atoms with Crippen LogP contribution in [0, 0.1) is 5.92 Å². The zero-order valence-electron chi connectivity index (χ0n) is 9.32. The summed E-state index contributed by atoms with van der Waals surface area (Å²) in [6.07, 6.45) is 1.01. The van der Waals surface area contributed by atoms with Crippen LogP contribution in [0.25, 0.3) is 0 Å². The summed E-state index contributed by atoms with van der Waals surface area (Å²) in [7, 11) is 0. The molecule has 0 atom stereocenters. The molecule has 0 unspecified atom stereocenters. The highest BCUT2D eigenvalue weighted by Crippen LogP contribution is 2.27. The second-order valence-electron chi connectivity index (χ2n) is 4.65. The number of rotatable bonds is 1. The lowest BCUT2D eigenvalue weighted by Gasteiger charge is -2.36. The van der Waals surface area contributed by atoms with Gasteiger partial charge >= 0.3 is 0 Å². The van der Waals surface area contributed by atoms with Crippen molar-refractivity contribution in [1.82, 2.24) is 15.1 Å². The van der Waals surface area contributed by atoms with Crippen molar-refractivity contribution in [2.75, 3.05) is 18.8 Å². The summed E-state index contributed by atoms with van der Waals surface area (Å²) < 4.78 is 0. The second-order valence-corrected chi connectivity index (χ2v) is 5.75. The molecular weight excluding hydrogens is 222 g/mol. The maximum Gasteiger partial charge on any atom is 0.274 e. The number of amides is 1. The van der Waals surface area contributed by atoms with E-state index in [1.54, 1.807) is 0 Å². The Balaban J connectivity index is 1.83. The molecule has 0 aliphatic carbocycles. The van der Waals surface area contributed by atoms with Crippen LogP contribution in [-0.2, 0) is 12.2 Å². The van der Waals surface area contributed by atoms with Crippen LogP contribution in [0.2, 0.25) is 0 Å². The predicted octanol–water partition coefficient (Wildman–Crippen LogP) is 1.29. The molecule has 0 radical (unpaired) electrons. The van der Waals surface area contributed by atoms with Gasteiger partial charge in [0.15, 0.2) is 5.69 Å². The summed E-state index contributed by atoms with van der Waals surface area (Å²) in [6, 6.07) is 0. The van der Waals surface area contributed by atoms with E-state index in [1.165, 1.54) is 0 Å². The van der Waals surface area contributed by atoms with Gasteiger partial charge in [-0.05, 0) is 18.1 Å². The Morgan fingerprint density at radius 3 is 3.12 bits per heavy atom. The number of H-pyrrole nitrogens is 1. The van der Waals surface area contributed by atoms with Crippen molar-refractivity contribution >= 4 is 17.7 Å². The Morgan fingerprint density at radius 2 is 2.38 bits per heavy atom. The summed E-state index contributed by atoms with van der Waals surface area (Å²) in [5.74, 6) is 2.81. The van der Waals surface area contributed by atoms with Crippen molar-refractivity contribution in [2.45, 2.75) is 19.1 Å². The van der Waals surface area contributed by atoms with Crippen LogP contribution in [0.5, 0.6) is 0 Å². The molecule has 0 aromatic carbocycles. The number of aromatic nitrogens is 2. The minimum Gasteiger partial charge on any atom is -0.337 e. The monoisotopic (exact) mass is 237 g/mol. The number of nitrogens with zero attached hydrogens (tertiary/aromatic N) is 2. The summed E-state index contributed by atoms with van der Waals surface area (Å²) >= 11 is 1.88. The summed E-state index contributed by atoms with van der Waals surface area (Å²) in [5, 5.41) is 7.21. The molecule has 2 aliphatic heterocycles. The van der Waals surface area contributed by atoms with E-state index in [1.807, 2.05) is 16.7 Å². The first-order chi connectivity index (χ1) is 7.75. The zero-order valence-corrected chi connectivity index (χ0v) is 10.1. The van der Waals surface area contributed by atoms with E-state index >= 15 is 0 Å². The minimum atomic E-state index is 0.109. The van der Waals surface area contributed by atoms with Crippen LogP contribution in [0.15, 0.2) is 0 Å². The molecule has 4 nitrogen and oxygen atoms in total. The molecule has 16 heavy (non-hydrogen) atoms. The summed E-state index contributed by atoms with van der Waals surface area (Å²) in [6.45, 7) is 3.93. The third kappa shape index (κ3) is 1.54. The Bertz CT molecular complexity index is 423.